The first-order chi connectivity index (χ1) is 13.5. The summed E-state index contributed by atoms with van der Waals surface area (Å²) >= 11 is 0. The van der Waals surface area contributed by atoms with Gasteiger partial charge in [0, 0.05) is 5.92 Å². The molecule has 5 rings (SSSR count). The molecule has 1 unspecified atom stereocenters. The third-order valence-corrected chi connectivity index (χ3v) is 5.65. The average Bonchev–Trinajstić information content (AvgIpc) is 2.68. The summed E-state index contributed by atoms with van der Waals surface area (Å²) in [5, 5.41) is 2.67. The van der Waals surface area contributed by atoms with E-state index >= 15 is 0 Å². The number of hydrogen-bond donors (Lipinski definition) is 0. The molecule has 0 aromatic heterocycles. The highest BCUT2D eigenvalue weighted by atomic mass is 14.3. The summed E-state index contributed by atoms with van der Waals surface area (Å²) in [6.07, 6.45) is 10.3. The van der Waals surface area contributed by atoms with Crippen LogP contribution in [-0.2, 0) is 6.42 Å². The van der Waals surface area contributed by atoms with Crippen LogP contribution in [0.15, 0.2) is 90.0 Å². The predicted molar refractivity (Wildman–Crippen MR) is 122 cm³/mol. The molecule has 3 aromatic carbocycles. The molecule has 0 N–H and O–H groups in total. The van der Waals surface area contributed by atoms with Crippen molar-refractivity contribution in [3.63, 3.8) is 0 Å². The molecule has 0 radical (unpaired) electrons. The van der Waals surface area contributed by atoms with Crippen LogP contribution >= 0.6 is 0 Å². The van der Waals surface area contributed by atoms with Crippen LogP contribution in [0.25, 0.3) is 10.8 Å². The minimum atomic E-state index is 0.494. The Labute approximate surface area is 168 Å². The Kier molecular flexibility index (Phi) is 5.05. The van der Waals surface area contributed by atoms with Gasteiger partial charge in [-0.2, -0.15) is 0 Å². The number of fused-ring (bicyclic) bond motifs is 4. The van der Waals surface area contributed by atoms with Crippen molar-refractivity contribution in [2.45, 2.75) is 40.0 Å². The normalized spacial score (nSPS) is 17.1. The first-order valence-corrected chi connectivity index (χ1v) is 10.1. The van der Waals surface area contributed by atoms with Gasteiger partial charge in [0.05, 0.1) is 0 Å². The van der Waals surface area contributed by atoms with Gasteiger partial charge in [-0.25, -0.2) is 0 Å². The maximum atomic E-state index is 2.37. The van der Waals surface area contributed by atoms with Crippen molar-refractivity contribution < 1.29 is 0 Å². The fourth-order valence-corrected chi connectivity index (χ4v) is 4.16. The maximum absolute atomic E-state index is 2.37. The van der Waals surface area contributed by atoms with E-state index in [2.05, 4.69) is 107 Å². The van der Waals surface area contributed by atoms with E-state index < -0.39 is 0 Å². The molecule has 28 heavy (non-hydrogen) atoms. The Hall–Kier alpha value is -2.86. The van der Waals surface area contributed by atoms with Gasteiger partial charge in [-0.1, -0.05) is 101 Å². The second-order valence-electron chi connectivity index (χ2n) is 8.19. The quantitative estimate of drug-likeness (QED) is 0.386. The fraction of sp³-hybridized carbons (Fsp3) is 0.214. The first-order valence-electron chi connectivity index (χ1n) is 10.1. The zero-order chi connectivity index (χ0) is 19.7. The fourth-order valence-electron chi connectivity index (χ4n) is 4.16. The minimum Gasteiger partial charge on any atom is -0.0760 e. The molecule has 140 valence electrons. The second-order valence-corrected chi connectivity index (χ2v) is 8.19. The van der Waals surface area contributed by atoms with Crippen LogP contribution in [0.5, 0.6) is 0 Å². The Morgan fingerprint density at radius 3 is 2.00 bits per heavy atom. The number of aryl methyl sites for hydroxylation is 3. The smallest absolute Gasteiger partial charge is 0.0272 e. The molecular weight excluding hydrogens is 336 g/mol. The van der Waals surface area contributed by atoms with Gasteiger partial charge in [-0.05, 0) is 61.6 Å². The Morgan fingerprint density at radius 1 is 0.714 bits per heavy atom. The molecule has 3 aromatic rings. The second kappa shape index (κ2) is 7.64. The van der Waals surface area contributed by atoms with Gasteiger partial charge in [-0.15, -0.1) is 0 Å². The molecule has 0 saturated carbocycles. The highest BCUT2D eigenvalue weighted by molar-refractivity contribution is 5.83. The maximum Gasteiger partial charge on any atom is 0.0272 e. The lowest BCUT2D eigenvalue weighted by molar-refractivity contribution is 0.928. The van der Waals surface area contributed by atoms with Gasteiger partial charge in [0.2, 0.25) is 0 Å². The molecule has 0 fully saturated rings. The third-order valence-electron chi connectivity index (χ3n) is 5.65. The molecule has 0 bridgehead atoms. The average molecular weight is 365 g/mol. The van der Waals surface area contributed by atoms with Crippen molar-refractivity contribution in [1.82, 2.24) is 0 Å². The highest BCUT2D eigenvalue weighted by Crippen LogP contribution is 2.37. The number of allylic oxidation sites excluding steroid dienone is 6. The summed E-state index contributed by atoms with van der Waals surface area (Å²) < 4.78 is 0. The van der Waals surface area contributed by atoms with Gasteiger partial charge >= 0.3 is 0 Å². The third kappa shape index (κ3) is 3.87. The van der Waals surface area contributed by atoms with Crippen molar-refractivity contribution >= 4 is 10.8 Å². The molecule has 0 heterocycles. The lowest BCUT2D eigenvalue weighted by atomic mass is 9.78. The molecule has 1 atom stereocenters. The van der Waals surface area contributed by atoms with Crippen LogP contribution in [0.2, 0.25) is 0 Å². The summed E-state index contributed by atoms with van der Waals surface area (Å²) in [7, 11) is 0. The zero-order valence-electron chi connectivity index (χ0n) is 17.3. The summed E-state index contributed by atoms with van der Waals surface area (Å²) in [5.74, 6) is 0.494. The lowest BCUT2D eigenvalue weighted by Gasteiger charge is -2.26. The summed E-state index contributed by atoms with van der Waals surface area (Å²) in [5.41, 5.74) is 9.82. The van der Waals surface area contributed by atoms with Crippen LogP contribution in [0.3, 0.4) is 0 Å². The molecule has 0 amide bonds. The van der Waals surface area contributed by atoms with Crippen LogP contribution < -0.4 is 0 Å². The molecule has 0 heteroatoms. The molecule has 2 aliphatic rings. The van der Waals surface area contributed by atoms with E-state index in [9.17, 15) is 0 Å². The van der Waals surface area contributed by atoms with Crippen LogP contribution in [0.1, 0.15) is 40.7 Å². The van der Waals surface area contributed by atoms with Crippen molar-refractivity contribution in [3.8, 4) is 0 Å². The molecule has 0 aliphatic heterocycles. The lowest BCUT2D eigenvalue weighted by Crippen LogP contribution is -2.10. The SMILES string of the molecule is CC1=CC2=CCc3cc(C)ccc3C2C=C1.Cc1ccc2cc(C)ccc2c1. The Bertz CT molecular complexity index is 1080. The monoisotopic (exact) mass is 364 g/mol. The van der Waals surface area contributed by atoms with Crippen LogP contribution in [0, 0.1) is 20.8 Å². The van der Waals surface area contributed by atoms with Crippen molar-refractivity contribution in [3.05, 3.63) is 118 Å². The van der Waals surface area contributed by atoms with Crippen molar-refractivity contribution in [2.24, 2.45) is 0 Å². The highest BCUT2D eigenvalue weighted by Gasteiger charge is 2.21. The van der Waals surface area contributed by atoms with E-state index in [4.69, 9.17) is 0 Å². The largest absolute Gasteiger partial charge is 0.0760 e. The minimum absolute atomic E-state index is 0.494. The van der Waals surface area contributed by atoms with Gasteiger partial charge in [0.25, 0.3) is 0 Å². The number of rotatable bonds is 0. The first kappa shape index (κ1) is 18.5. The van der Waals surface area contributed by atoms with Gasteiger partial charge in [0.1, 0.15) is 0 Å². The van der Waals surface area contributed by atoms with Crippen molar-refractivity contribution in [1.29, 1.82) is 0 Å². The molecule has 0 spiro atoms. The predicted octanol–water partition coefficient (Wildman–Crippen LogP) is 7.53. The van der Waals surface area contributed by atoms with E-state index in [1.807, 2.05) is 0 Å². The van der Waals surface area contributed by atoms with Gasteiger partial charge < -0.3 is 0 Å². The molecule has 0 saturated heterocycles. The molecule has 0 nitrogen and oxygen atoms in total. The Balaban J connectivity index is 0.000000143. The number of benzene rings is 3. The van der Waals surface area contributed by atoms with Gasteiger partial charge in [-0.3, -0.25) is 0 Å². The van der Waals surface area contributed by atoms with Crippen LogP contribution in [-0.4, -0.2) is 0 Å². The van der Waals surface area contributed by atoms with E-state index in [0.717, 1.165) is 6.42 Å². The summed E-state index contributed by atoms with van der Waals surface area (Å²) in [4.78, 5) is 0. The van der Waals surface area contributed by atoms with Crippen molar-refractivity contribution in [2.75, 3.05) is 0 Å². The summed E-state index contributed by atoms with van der Waals surface area (Å²) in [6, 6.07) is 19.9. The topological polar surface area (TPSA) is 0 Å². The molecule has 2 aliphatic carbocycles. The van der Waals surface area contributed by atoms with E-state index in [-0.39, 0.29) is 0 Å². The Morgan fingerprint density at radius 2 is 1.32 bits per heavy atom. The number of hydrogen-bond acceptors (Lipinski definition) is 0. The van der Waals surface area contributed by atoms with E-state index in [0.29, 0.717) is 5.92 Å². The van der Waals surface area contributed by atoms with E-state index in [1.165, 1.54) is 49.7 Å². The standard InChI is InChI=1S/C16H16.C12H12/c1-11-3-7-15-13(9-11)5-6-14-10-12(2)4-8-16(14)15;1-9-3-5-12-8-10(2)4-6-11(12)7-9/h3-5,7-10,15H,6H2,1-2H3;3-8H,1-2H3. The van der Waals surface area contributed by atoms with Gasteiger partial charge in [0.15, 0.2) is 0 Å². The zero-order valence-corrected chi connectivity index (χ0v) is 17.3. The van der Waals surface area contributed by atoms with E-state index in [1.54, 1.807) is 0 Å². The summed E-state index contributed by atoms with van der Waals surface area (Å²) in [6.45, 7) is 8.58. The van der Waals surface area contributed by atoms with Crippen LogP contribution in [0.4, 0.5) is 0 Å². The molecular formula is C28H28.